The number of halogens is 1. The van der Waals surface area contributed by atoms with Crippen LogP contribution >= 0.6 is 11.6 Å². The first kappa shape index (κ1) is 13.7. The lowest BCUT2D eigenvalue weighted by Crippen LogP contribution is -2.39. The first-order valence-corrected chi connectivity index (χ1v) is 8.11. The van der Waals surface area contributed by atoms with Crippen molar-refractivity contribution >= 4 is 21.6 Å². The minimum Gasteiger partial charge on any atom is -0.213 e. The lowest BCUT2D eigenvalue weighted by Gasteiger charge is -2.30. The molecule has 1 aromatic rings. The molecule has 1 aliphatic rings. The summed E-state index contributed by atoms with van der Waals surface area (Å²) in [7, 11) is -3.08. The van der Waals surface area contributed by atoms with Crippen LogP contribution < -0.4 is 0 Å². The van der Waals surface area contributed by atoms with Gasteiger partial charge in [-0.3, -0.25) is 0 Å². The zero-order valence-electron chi connectivity index (χ0n) is 10.2. The lowest BCUT2D eigenvalue weighted by atomic mass is 9.94. The summed E-state index contributed by atoms with van der Waals surface area (Å²) in [5.41, 5.74) is 0.861. The molecule has 2 heterocycles. The predicted octanol–water partition coefficient (Wildman–Crippen LogP) is 1.34. The van der Waals surface area contributed by atoms with Crippen molar-refractivity contribution in [2.24, 2.45) is 5.92 Å². The van der Waals surface area contributed by atoms with Crippen LogP contribution in [0.4, 0.5) is 0 Å². The molecular formula is C11H16ClN3O2S. The highest BCUT2D eigenvalue weighted by Crippen LogP contribution is 2.21. The van der Waals surface area contributed by atoms with E-state index in [9.17, 15) is 8.42 Å². The van der Waals surface area contributed by atoms with Crippen molar-refractivity contribution in [3.8, 4) is 0 Å². The fraction of sp³-hybridized carbons (Fsp3) is 0.636. The molecule has 7 heteroatoms. The largest absolute Gasteiger partial charge is 0.213 e. The summed E-state index contributed by atoms with van der Waals surface area (Å²) in [5.74, 6) is 0.309. The second kappa shape index (κ2) is 5.50. The molecule has 1 unspecified atom stereocenters. The Kier molecular flexibility index (Phi) is 4.19. The Balaban J connectivity index is 2.00. The third kappa shape index (κ3) is 3.63. The monoisotopic (exact) mass is 289 g/mol. The molecule has 0 radical (unpaired) electrons. The summed E-state index contributed by atoms with van der Waals surface area (Å²) < 4.78 is 24.6. The van der Waals surface area contributed by atoms with Gasteiger partial charge in [0.25, 0.3) is 0 Å². The van der Waals surface area contributed by atoms with Gasteiger partial charge in [0.15, 0.2) is 5.15 Å². The van der Waals surface area contributed by atoms with Crippen LogP contribution in [-0.2, 0) is 16.4 Å². The highest BCUT2D eigenvalue weighted by Gasteiger charge is 2.26. The molecule has 2 rings (SSSR count). The Morgan fingerprint density at radius 2 is 2.22 bits per heavy atom. The minimum atomic E-state index is -3.08. The lowest BCUT2D eigenvalue weighted by molar-refractivity contribution is 0.265. The number of hydrogen-bond donors (Lipinski definition) is 0. The molecule has 0 bridgehead atoms. The molecule has 0 N–H and O–H groups in total. The van der Waals surface area contributed by atoms with E-state index >= 15 is 0 Å². The summed E-state index contributed by atoms with van der Waals surface area (Å²) in [6, 6.07) is 3.55. The van der Waals surface area contributed by atoms with Gasteiger partial charge in [-0.25, -0.2) is 12.7 Å². The standard InChI is InChI=1S/C11H16ClN3O2S/c1-18(16,17)15-6-2-3-9(8-15)7-10-4-5-11(12)14-13-10/h4-5,9H,2-3,6-8H2,1H3. The molecule has 100 valence electrons. The van der Waals surface area contributed by atoms with Crippen molar-refractivity contribution < 1.29 is 8.42 Å². The predicted molar refractivity (Wildman–Crippen MR) is 69.9 cm³/mol. The molecule has 0 aromatic carbocycles. The molecule has 0 spiro atoms. The van der Waals surface area contributed by atoms with E-state index in [4.69, 9.17) is 11.6 Å². The molecule has 1 fully saturated rings. The van der Waals surface area contributed by atoms with E-state index in [-0.39, 0.29) is 0 Å². The Morgan fingerprint density at radius 3 is 2.83 bits per heavy atom. The van der Waals surface area contributed by atoms with Crippen molar-refractivity contribution in [1.82, 2.24) is 14.5 Å². The summed E-state index contributed by atoms with van der Waals surface area (Å²) in [6.45, 7) is 1.20. The van der Waals surface area contributed by atoms with Crippen molar-refractivity contribution in [2.75, 3.05) is 19.3 Å². The van der Waals surface area contributed by atoms with E-state index in [0.717, 1.165) is 25.0 Å². The second-order valence-corrected chi connectivity index (χ2v) is 7.05. The van der Waals surface area contributed by atoms with Gasteiger partial charge in [-0.15, -0.1) is 5.10 Å². The minimum absolute atomic E-state index is 0.309. The Bertz CT molecular complexity index is 504. The summed E-state index contributed by atoms with van der Waals surface area (Å²) in [6.07, 6.45) is 3.93. The van der Waals surface area contributed by atoms with Crippen molar-refractivity contribution in [3.05, 3.63) is 23.0 Å². The number of aromatic nitrogens is 2. The molecule has 1 aliphatic heterocycles. The first-order chi connectivity index (χ1) is 8.45. The quantitative estimate of drug-likeness (QED) is 0.842. The number of sulfonamides is 1. The van der Waals surface area contributed by atoms with Crippen LogP contribution in [0.15, 0.2) is 12.1 Å². The van der Waals surface area contributed by atoms with Crippen LogP contribution in [0.5, 0.6) is 0 Å². The van der Waals surface area contributed by atoms with Gasteiger partial charge < -0.3 is 0 Å². The summed E-state index contributed by atoms with van der Waals surface area (Å²) >= 11 is 5.68. The van der Waals surface area contributed by atoms with Gasteiger partial charge in [0.1, 0.15) is 0 Å². The fourth-order valence-electron chi connectivity index (χ4n) is 2.24. The van der Waals surface area contributed by atoms with Gasteiger partial charge in [-0.05, 0) is 37.3 Å². The molecule has 1 aromatic heterocycles. The van der Waals surface area contributed by atoms with Gasteiger partial charge in [0, 0.05) is 13.1 Å². The van der Waals surface area contributed by atoms with Gasteiger partial charge >= 0.3 is 0 Å². The molecule has 5 nitrogen and oxygen atoms in total. The molecule has 1 atom stereocenters. The summed E-state index contributed by atoms with van der Waals surface area (Å²) in [4.78, 5) is 0. The fourth-order valence-corrected chi connectivity index (χ4v) is 3.29. The number of piperidine rings is 1. The van der Waals surface area contributed by atoms with Gasteiger partial charge in [0.2, 0.25) is 10.0 Å². The van der Waals surface area contributed by atoms with Crippen molar-refractivity contribution in [3.63, 3.8) is 0 Å². The Morgan fingerprint density at radius 1 is 1.44 bits per heavy atom. The van der Waals surface area contributed by atoms with E-state index in [0.29, 0.717) is 24.2 Å². The molecule has 0 aliphatic carbocycles. The zero-order chi connectivity index (χ0) is 13.2. The van der Waals surface area contributed by atoms with Crippen LogP contribution in [0.2, 0.25) is 5.15 Å². The van der Waals surface area contributed by atoms with Crippen molar-refractivity contribution in [1.29, 1.82) is 0 Å². The third-order valence-corrected chi connectivity index (χ3v) is 4.61. The highest BCUT2D eigenvalue weighted by atomic mass is 35.5. The van der Waals surface area contributed by atoms with Gasteiger partial charge in [-0.2, -0.15) is 5.10 Å². The first-order valence-electron chi connectivity index (χ1n) is 5.88. The molecule has 0 saturated carbocycles. The number of hydrogen-bond acceptors (Lipinski definition) is 4. The smallest absolute Gasteiger partial charge is 0.211 e. The second-order valence-electron chi connectivity index (χ2n) is 4.68. The van der Waals surface area contributed by atoms with Crippen molar-refractivity contribution in [2.45, 2.75) is 19.3 Å². The Hall–Kier alpha value is -0.720. The van der Waals surface area contributed by atoms with E-state index in [1.165, 1.54) is 6.26 Å². The normalized spacial score (nSPS) is 22.0. The van der Waals surface area contributed by atoms with Gasteiger partial charge in [-0.1, -0.05) is 11.6 Å². The van der Waals surface area contributed by atoms with E-state index in [2.05, 4.69) is 10.2 Å². The highest BCUT2D eigenvalue weighted by molar-refractivity contribution is 7.88. The zero-order valence-corrected chi connectivity index (χ0v) is 11.8. The van der Waals surface area contributed by atoms with E-state index < -0.39 is 10.0 Å². The average Bonchev–Trinajstić information content (AvgIpc) is 2.31. The van der Waals surface area contributed by atoms with Crippen LogP contribution in [0.25, 0.3) is 0 Å². The van der Waals surface area contributed by atoms with Crippen LogP contribution in [0, 0.1) is 5.92 Å². The van der Waals surface area contributed by atoms with E-state index in [1.807, 2.05) is 6.07 Å². The maximum Gasteiger partial charge on any atom is 0.211 e. The number of rotatable bonds is 3. The molecular weight excluding hydrogens is 274 g/mol. The van der Waals surface area contributed by atoms with Crippen LogP contribution in [0.3, 0.4) is 0 Å². The SMILES string of the molecule is CS(=O)(=O)N1CCCC(Cc2ccc(Cl)nn2)C1. The molecule has 18 heavy (non-hydrogen) atoms. The van der Waals surface area contributed by atoms with E-state index in [1.54, 1.807) is 10.4 Å². The summed E-state index contributed by atoms with van der Waals surface area (Å²) in [5, 5.41) is 8.18. The molecule has 0 amide bonds. The number of nitrogens with zero attached hydrogens (tertiary/aromatic N) is 3. The third-order valence-electron chi connectivity index (χ3n) is 3.14. The average molecular weight is 290 g/mol. The van der Waals surface area contributed by atoms with Crippen LogP contribution in [-0.4, -0.2) is 42.3 Å². The maximum atomic E-state index is 11.5. The van der Waals surface area contributed by atoms with Crippen LogP contribution in [0.1, 0.15) is 18.5 Å². The maximum absolute atomic E-state index is 11.5. The Labute approximate surface area is 112 Å². The molecule has 1 saturated heterocycles. The topological polar surface area (TPSA) is 63.2 Å². The van der Waals surface area contributed by atoms with Gasteiger partial charge in [0.05, 0.1) is 11.9 Å².